The number of rotatable bonds is 1. The minimum Gasteiger partial charge on any atom is -0.780 e. The molecule has 0 aliphatic heterocycles. The van der Waals surface area contributed by atoms with Gasteiger partial charge in [0.25, 0.3) is 0 Å². The van der Waals surface area contributed by atoms with Crippen LogP contribution in [-0.2, 0) is 12.6 Å². The molecule has 6 heteroatoms. The third-order valence-electron chi connectivity index (χ3n) is 0.987. The standard InChI is InChI=1S/C7H5NS2.3Na/c8-5-10-7-3-1-6(9)2-4-7;;;/h1-4,9H;;;/q;3*+1/p-1. The molecule has 0 saturated heterocycles. The molecule has 0 unspecified atom stereocenters. The van der Waals surface area contributed by atoms with Crippen molar-refractivity contribution >= 4 is 24.4 Å². The van der Waals surface area contributed by atoms with Gasteiger partial charge in [0, 0.05) is 4.90 Å². The molecule has 0 bridgehead atoms. The Morgan fingerprint density at radius 1 is 1.08 bits per heavy atom. The summed E-state index contributed by atoms with van der Waals surface area (Å²) in [6, 6.07) is 7.32. The van der Waals surface area contributed by atoms with Crippen molar-refractivity contribution in [2.45, 2.75) is 9.79 Å². The molecule has 0 aliphatic carbocycles. The number of hydrogen-bond acceptors (Lipinski definition) is 3. The van der Waals surface area contributed by atoms with Gasteiger partial charge < -0.3 is 12.6 Å². The SMILES string of the molecule is N#CSc1ccc([S-])cc1.[Na+].[Na+].[Na+]. The van der Waals surface area contributed by atoms with E-state index < -0.39 is 0 Å². The molecule has 0 fully saturated rings. The van der Waals surface area contributed by atoms with Gasteiger partial charge in [0.2, 0.25) is 0 Å². The molecule has 0 spiro atoms. The van der Waals surface area contributed by atoms with Crippen molar-refractivity contribution < 1.29 is 88.7 Å². The Morgan fingerprint density at radius 2 is 1.54 bits per heavy atom. The quantitative estimate of drug-likeness (QED) is 0.209. The fourth-order valence-electron chi connectivity index (χ4n) is 0.560. The van der Waals surface area contributed by atoms with Gasteiger partial charge in [0.15, 0.2) is 0 Å². The number of benzene rings is 1. The van der Waals surface area contributed by atoms with Crippen LogP contribution in [0.4, 0.5) is 0 Å². The third kappa shape index (κ3) is 9.22. The third-order valence-corrected chi connectivity index (χ3v) is 1.86. The summed E-state index contributed by atoms with van der Waals surface area (Å²) in [5.41, 5.74) is 0. The van der Waals surface area contributed by atoms with Crippen molar-refractivity contribution in [3.05, 3.63) is 24.3 Å². The molecule has 1 nitrogen and oxygen atoms in total. The number of nitrogens with zero attached hydrogens (tertiary/aromatic N) is 1. The molecule has 50 valence electrons. The van der Waals surface area contributed by atoms with Crippen LogP contribution in [0.25, 0.3) is 0 Å². The number of thiocyanates is 1. The molecule has 0 saturated carbocycles. The summed E-state index contributed by atoms with van der Waals surface area (Å²) < 4.78 is 0. The van der Waals surface area contributed by atoms with Crippen molar-refractivity contribution in [2.24, 2.45) is 0 Å². The second-order valence-electron chi connectivity index (χ2n) is 1.66. The van der Waals surface area contributed by atoms with Gasteiger partial charge in [-0.25, -0.2) is 0 Å². The summed E-state index contributed by atoms with van der Waals surface area (Å²) in [4.78, 5) is 1.75. The van der Waals surface area contributed by atoms with Gasteiger partial charge in [-0.2, -0.15) is 10.2 Å². The van der Waals surface area contributed by atoms with Gasteiger partial charge in [-0.3, -0.25) is 0 Å². The van der Waals surface area contributed by atoms with Crippen LogP contribution < -0.4 is 88.7 Å². The normalized spacial score (nSPS) is 6.69. The minimum absolute atomic E-state index is 0. The monoisotopic (exact) mass is 235 g/mol. The van der Waals surface area contributed by atoms with E-state index >= 15 is 0 Å². The molecule has 0 atom stereocenters. The summed E-state index contributed by atoms with van der Waals surface area (Å²) in [7, 11) is 0. The molecule has 13 heavy (non-hydrogen) atoms. The summed E-state index contributed by atoms with van der Waals surface area (Å²) in [6.45, 7) is 0. The van der Waals surface area contributed by atoms with Gasteiger partial charge in [0.1, 0.15) is 5.40 Å². The number of nitriles is 1. The molecule has 0 radical (unpaired) electrons. The van der Waals surface area contributed by atoms with E-state index in [0.29, 0.717) is 0 Å². The van der Waals surface area contributed by atoms with Crippen LogP contribution in [0.15, 0.2) is 34.1 Å². The van der Waals surface area contributed by atoms with Crippen molar-refractivity contribution in [1.82, 2.24) is 0 Å². The smallest absolute Gasteiger partial charge is 0.780 e. The Balaban J connectivity index is -0.000000333. The van der Waals surface area contributed by atoms with Gasteiger partial charge >= 0.3 is 88.7 Å². The molecular formula is C7H4NNa3S2+2. The number of thioether (sulfide) groups is 1. The second-order valence-corrected chi connectivity index (χ2v) is 2.99. The first-order chi connectivity index (χ1) is 4.83. The first-order valence-electron chi connectivity index (χ1n) is 2.66. The van der Waals surface area contributed by atoms with Gasteiger partial charge in [0.05, 0.1) is 0 Å². The Bertz CT molecular complexity index is 257. The van der Waals surface area contributed by atoms with Gasteiger partial charge in [-0.05, 0) is 23.9 Å². The zero-order valence-corrected chi connectivity index (χ0v) is 15.7. The summed E-state index contributed by atoms with van der Waals surface area (Å²) in [6.07, 6.45) is 0. The molecular weight excluding hydrogens is 231 g/mol. The van der Waals surface area contributed by atoms with Crippen molar-refractivity contribution in [2.75, 3.05) is 0 Å². The van der Waals surface area contributed by atoms with Crippen molar-refractivity contribution in [1.29, 1.82) is 5.26 Å². The van der Waals surface area contributed by atoms with E-state index in [4.69, 9.17) is 17.9 Å². The van der Waals surface area contributed by atoms with Gasteiger partial charge in [-0.1, -0.05) is 12.1 Å². The maximum atomic E-state index is 8.28. The van der Waals surface area contributed by atoms with Crippen LogP contribution in [0.3, 0.4) is 0 Å². The van der Waals surface area contributed by atoms with Crippen molar-refractivity contribution in [3.8, 4) is 5.40 Å². The van der Waals surface area contributed by atoms with Crippen LogP contribution in [0.2, 0.25) is 0 Å². The van der Waals surface area contributed by atoms with E-state index in [1.165, 1.54) is 0 Å². The van der Waals surface area contributed by atoms with Gasteiger partial charge in [-0.15, -0.1) is 0 Å². The van der Waals surface area contributed by atoms with E-state index in [1.807, 2.05) is 29.7 Å². The molecule has 0 aliphatic rings. The van der Waals surface area contributed by atoms with Crippen LogP contribution in [-0.4, -0.2) is 0 Å². The summed E-state index contributed by atoms with van der Waals surface area (Å²) in [5.74, 6) is 0. The second kappa shape index (κ2) is 12.4. The molecule has 1 aromatic rings. The molecule has 0 amide bonds. The fourth-order valence-corrected chi connectivity index (χ4v) is 1.07. The van der Waals surface area contributed by atoms with E-state index in [0.717, 1.165) is 21.6 Å². The van der Waals surface area contributed by atoms with Crippen LogP contribution >= 0.6 is 11.8 Å². The molecule has 1 aromatic carbocycles. The molecule has 0 N–H and O–H groups in total. The van der Waals surface area contributed by atoms with E-state index in [2.05, 4.69) is 0 Å². The maximum Gasteiger partial charge on any atom is 1.00 e. The fraction of sp³-hybridized carbons (Fsp3) is 0. The van der Waals surface area contributed by atoms with E-state index in [-0.39, 0.29) is 88.7 Å². The predicted molar refractivity (Wildman–Crippen MR) is 43.5 cm³/mol. The summed E-state index contributed by atoms with van der Waals surface area (Å²) in [5, 5.41) is 10.3. The van der Waals surface area contributed by atoms with E-state index in [1.54, 1.807) is 0 Å². The van der Waals surface area contributed by atoms with E-state index in [9.17, 15) is 0 Å². The Labute approximate surface area is 155 Å². The van der Waals surface area contributed by atoms with Crippen LogP contribution in [0, 0.1) is 10.7 Å². The molecule has 0 aromatic heterocycles. The first kappa shape index (κ1) is 20.7. The largest absolute Gasteiger partial charge is 1.00 e. The topological polar surface area (TPSA) is 23.8 Å². The van der Waals surface area contributed by atoms with Crippen LogP contribution in [0.5, 0.6) is 0 Å². The average Bonchev–Trinajstić information content (AvgIpc) is 1.95. The molecule has 0 heterocycles. The number of hydrogen-bond donors (Lipinski definition) is 0. The Kier molecular flexibility index (Phi) is 19.6. The predicted octanol–water partition coefficient (Wildman–Crippen LogP) is -6.82. The van der Waals surface area contributed by atoms with Crippen molar-refractivity contribution in [3.63, 3.8) is 0 Å². The zero-order chi connectivity index (χ0) is 7.40. The first-order valence-corrected chi connectivity index (χ1v) is 3.88. The van der Waals surface area contributed by atoms with Crippen LogP contribution in [0.1, 0.15) is 0 Å². The Hall–Kier alpha value is 2.28. The zero-order valence-electron chi connectivity index (χ0n) is 8.07. The summed E-state index contributed by atoms with van der Waals surface area (Å²) >= 11 is 6.01. The maximum absolute atomic E-state index is 8.28. The minimum atomic E-state index is 0. The Morgan fingerprint density at radius 3 is 1.92 bits per heavy atom. The average molecular weight is 235 g/mol. The molecule has 1 rings (SSSR count).